The number of nitrogens with zero attached hydrogens (tertiary/aromatic N) is 2. The molecule has 6 heteroatoms. The van der Waals surface area contributed by atoms with E-state index in [1.165, 1.54) is 11.3 Å². The first-order valence-electron chi connectivity index (χ1n) is 4.45. The molecule has 1 aromatic rings. The van der Waals surface area contributed by atoms with Gasteiger partial charge >= 0.3 is 0 Å². The van der Waals surface area contributed by atoms with Crippen molar-refractivity contribution >= 4 is 23.6 Å². The van der Waals surface area contributed by atoms with E-state index in [1.807, 2.05) is 6.07 Å². The van der Waals surface area contributed by atoms with Crippen molar-refractivity contribution in [2.75, 3.05) is 11.6 Å². The van der Waals surface area contributed by atoms with E-state index in [1.54, 1.807) is 12.1 Å². The highest BCUT2D eigenvalue weighted by Crippen LogP contribution is 2.22. The number of hydrogen-bond acceptors (Lipinski definition) is 4. The molecule has 0 atom stereocenters. The molecule has 0 saturated heterocycles. The Bertz CT molecular complexity index is 352. The van der Waals surface area contributed by atoms with Crippen LogP contribution in [0.1, 0.15) is 5.56 Å². The molecule has 0 heterocycles. The van der Waals surface area contributed by atoms with E-state index in [2.05, 4.69) is 5.10 Å². The molecule has 5 nitrogen and oxygen atoms in total. The molecule has 6 N–H and O–H groups in total. The van der Waals surface area contributed by atoms with Gasteiger partial charge in [0.25, 0.3) is 0 Å². The first kappa shape index (κ1) is 11.8. The molecule has 0 aliphatic rings. The first-order valence-corrected chi connectivity index (χ1v) is 4.82. The molecular formula is C9H14ClN5. The molecule has 0 radical (unpaired) electrons. The summed E-state index contributed by atoms with van der Waals surface area (Å²) in [5, 5.41) is 5.34. The summed E-state index contributed by atoms with van der Waals surface area (Å²) in [5.41, 5.74) is 7.25. The van der Waals surface area contributed by atoms with E-state index in [4.69, 9.17) is 29.0 Å². The van der Waals surface area contributed by atoms with Gasteiger partial charge < -0.3 is 11.6 Å². The van der Waals surface area contributed by atoms with Crippen LogP contribution in [0.3, 0.4) is 0 Å². The second kappa shape index (κ2) is 5.55. The van der Waals surface area contributed by atoms with Crippen LogP contribution < -0.4 is 22.4 Å². The quantitative estimate of drug-likeness (QED) is 0.301. The average Bonchev–Trinajstić information content (AvgIpc) is 2.18. The molecule has 0 aliphatic heterocycles. The molecule has 15 heavy (non-hydrogen) atoms. The van der Waals surface area contributed by atoms with E-state index in [0.717, 1.165) is 11.3 Å². The van der Waals surface area contributed by atoms with Gasteiger partial charge in [-0.2, -0.15) is 5.10 Å². The summed E-state index contributed by atoms with van der Waals surface area (Å²) in [4.78, 5) is 0. The lowest BCUT2D eigenvalue weighted by molar-refractivity contribution is 0.957. The van der Waals surface area contributed by atoms with Gasteiger partial charge in [-0.25, -0.2) is 5.84 Å². The number of rotatable bonds is 4. The number of benzene rings is 1. The Kier molecular flexibility index (Phi) is 4.36. The SMILES string of the molecule is NCCc1cc(Cl)ccc1N(N)/C=N\N. The summed E-state index contributed by atoms with van der Waals surface area (Å²) < 4.78 is 0. The minimum Gasteiger partial charge on any atom is -0.330 e. The minimum absolute atomic E-state index is 0.529. The Morgan fingerprint density at radius 3 is 2.80 bits per heavy atom. The summed E-state index contributed by atoms with van der Waals surface area (Å²) >= 11 is 5.88. The molecular weight excluding hydrogens is 214 g/mol. The van der Waals surface area contributed by atoms with Gasteiger partial charge in [0.1, 0.15) is 6.34 Å². The average molecular weight is 228 g/mol. The van der Waals surface area contributed by atoms with Crippen molar-refractivity contribution in [3.63, 3.8) is 0 Å². The lowest BCUT2D eigenvalue weighted by Crippen LogP contribution is -2.30. The van der Waals surface area contributed by atoms with E-state index in [-0.39, 0.29) is 0 Å². The van der Waals surface area contributed by atoms with Crippen LogP contribution in [0.5, 0.6) is 0 Å². The summed E-state index contributed by atoms with van der Waals surface area (Å²) in [6, 6.07) is 5.38. The van der Waals surface area contributed by atoms with Crippen molar-refractivity contribution < 1.29 is 0 Å². The van der Waals surface area contributed by atoms with E-state index < -0.39 is 0 Å². The largest absolute Gasteiger partial charge is 0.330 e. The van der Waals surface area contributed by atoms with Gasteiger partial charge in [0.05, 0.1) is 5.69 Å². The monoisotopic (exact) mass is 227 g/mol. The second-order valence-electron chi connectivity index (χ2n) is 2.98. The zero-order valence-electron chi connectivity index (χ0n) is 8.23. The van der Waals surface area contributed by atoms with Gasteiger partial charge in [-0.1, -0.05) is 11.6 Å². The topological polar surface area (TPSA) is 93.7 Å². The number of hydrazone groups is 1. The Morgan fingerprint density at radius 1 is 1.47 bits per heavy atom. The molecule has 0 unspecified atom stereocenters. The standard InChI is InChI=1S/C9H14ClN5/c10-8-1-2-9(15(13)6-14-12)7(5-8)3-4-11/h1-2,5-6H,3-4,11-13H2/b14-6-. The third-order valence-corrected chi connectivity index (χ3v) is 2.16. The Labute approximate surface area is 93.4 Å². The van der Waals surface area contributed by atoms with Crippen molar-refractivity contribution in [2.24, 2.45) is 22.5 Å². The molecule has 1 aromatic carbocycles. The highest BCUT2D eigenvalue weighted by atomic mass is 35.5. The zero-order valence-corrected chi connectivity index (χ0v) is 8.98. The fourth-order valence-corrected chi connectivity index (χ4v) is 1.49. The molecule has 0 bridgehead atoms. The smallest absolute Gasteiger partial charge is 0.129 e. The molecule has 0 aromatic heterocycles. The normalized spacial score (nSPS) is 10.9. The van der Waals surface area contributed by atoms with Gasteiger partial charge in [-0.3, -0.25) is 5.01 Å². The molecule has 0 fully saturated rings. The van der Waals surface area contributed by atoms with Crippen molar-refractivity contribution in [3.05, 3.63) is 28.8 Å². The van der Waals surface area contributed by atoms with Crippen molar-refractivity contribution in [3.8, 4) is 0 Å². The van der Waals surface area contributed by atoms with Gasteiger partial charge in [0, 0.05) is 5.02 Å². The third-order valence-electron chi connectivity index (χ3n) is 1.92. The van der Waals surface area contributed by atoms with Crippen LogP contribution in [0.15, 0.2) is 23.3 Å². The van der Waals surface area contributed by atoms with Crippen LogP contribution in [-0.4, -0.2) is 12.9 Å². The zero-order chi connectivity index (χ0) is 11.3. The molecule has 0 amide bonds. The molecule has 0 spiro atoms. The van der Waals surface area contributed by atoms with Gasteiger partial charge in [0.2, 0.25) is 0 Å². The predicted molar refractivity (Wildman–Crippen MR) is 63.6 cm³/mol. The summed E-state index contributed by atoms with van der Waals surface area (Å²) in [7, 11) is 0. The van der Waals surface area contributed by atoms with Gasteiger partial charge in [-0.15, -0.1) is 0 Å². The summed E-state index contributed by atoms with van der Waals surface area (Å²) in [5.74, 6) is 10.7. The lowest BCUT2D eigenvalue weighted by atomic mass is 10.1. The molecule has 1 rings (SSSR count). The number of halogens is 1. The number of anilines is 1. The maximum absolute atomic E-state index is 5.88. The second-order valence-corrected chi connectivity index (χ2v) is 3.42. The molecule has 0 saturated carbocycles. The Balaban J connectivity index is 3.04. The van der Waals surface area contributed by atoms with Crippen molar-refractivity contribution in [1.29, 1.82) is 0 Å². The minimum atomic E-state index is 0.529. The summed E-state index contributed by atoms with van der Waals surface area (Å²) in [6.45, 7) is 0.529. The van der Waals surface area contributed by atoms with Crippen LogP contribution >= 0.6 is 11.6 Å². The predicted octanol–water partition coefficient (Wildman–Crippen LogP) is 0.423. The van der Waals surface area contributed by atoms with Crippen LogP contribution in [-0.2, 0) is 6.42 Å². The maximum Gasteiger partial charge on any atom is 0.129 e. The number of hydrogen-bond donors (Lipinski definition) is 3. The lowest BCUT2D eigenvalue weighted by Gasteiger charge is -2.16. The third kappa shape index (κ3) is 3.09. The van der Waals surface area contributed by atoms with Crippen LogP contribution in [0, 0.1) is 0 Å². The van der Waals surface area contributed by atoms with Gasteiger partial charge in [-0.05, 0) is 36.7 Å². The van der Waals surface area contributed by atoms with Crippen molar-refractivity contribution in [1.82, 2.24) is 0 Å². The van der Waals surface area contributed by atoms with Crippen molar-refractivity contribution in [2.45, 2.75) is 6.42 Å². The number of hydrazine groups is 1. The maximum atomic E-state index is 5.88. The summed E-state index contributed by atoms with van der Waals surface area (Å²) in [6.07, 6.45) is 2.02. The van der Waals surface area contributed by atoms with Crippen LogP contribution in [0.2, 0.25) is 5.02 Å². The first-order chi connectivity index (χ1) is 7.19. The molecule has 0 aliphatic carbocycles. The fraction of sp³-hybridized carbons (Fsp3) is 0.222. The Morgan fingerprint density at radius 2 is 2.20 bits per heavy atom. The number of nitrogens with two attached hydrogens (primary N) is 3. The van der Waals surface area contributed by atoms with E-state index in [9.17, 15) is 0 Å². The highest BCUT2D eigenvalue weighted by Gasteiger charge is 2.06. The van der Waals surface area contributed by atoms with E-state index in [0.29, 0.717) is 18.0 Å². The van der Waals surface area contributed by atoms with Crippen LogP contribution in [0.25, 0.3) is 0 Å². The highest BCUT2D eigenvalue weighted by molar-refractivity contribution is 6.30. The fourth-order valence-electron chi connectivity index (χ4n) is 1.30. The van der Waals surface area contributed by atoms with Crippen LogP contribution in [0.4, 0.5) is 5.69 Å². The van der Waals surface area contributed by atoms with E-state index >= 15 is 0 Å². The molecule has 82 valence electrons. The van der Waals surface area contributed by atoms with Gasteiger partial charge in [0.15, 0.2) is 0 Å². The Hall–Kier alpha value is -1.30.